The molecule has 2 aromatic rings. The minimum Gasteiger partial charge on any atom is -0.497 e. The van der Waals surface area contributed by atoms with Crippen LogP contribution in [0.25, 0.3) is 0 Å². The van der Waals surface area contributed by atoms with Crippen LogP contribution in [0.5, 0.6) is 5.75 Å². The van der Waals surface area contributed by atoms with Crippen LogP contribution in [0.4, 0.5) is 5.69 Å². The first-order valence-corrected chi connectivity index (χ1v) is 5.96. The molecule has 0 unspecified atom stereocenters. The minimum absolute atomic E-state index is 0.208. The van der Waals surface area contributed by atoms with E-state index < -0.39 is 0 Å². The Kier molecular flexibility index (Phi) is 4.03. The number of carbonyl (C=O) groups excluding carboxylic acids is 1. The lowest BCUT2D eigenvalue weighted by Gasteiger charge is -2.09. The summed E-state index contributed by atoms with van der Waals surface area (Å²) in [6.07, 6.45) is 0. The molecule has 19 heavy (non-hydrogen) atoms. The summed E-state index contributed by atoms with van der Waals surface area (Å²) in [5.41, 5.74) is 7.70. The molecule has 98 valence electrons. The molecule has 0 spiro atoms. The van der Waals surface area contributed by atoms with Gasteiger partial charge >= 0.3 is 0 Å². The van der Waals surface area contributed by atoms with Crippen molar-refractivity contribution in [2.45, 2.75) is 6.54 Å². The second kappa shape index (κ2) is 5.91. The molecule has 0 heterocycles. The average molecular weight is 256 g/mol. The topological polar surface area (TPSA) is 64.3 Å². The molecule has 0 fully saturated rings. The van der Waals surface area contributed by atoms with Crippen LogP contribution in [0.1, 0.15) is 15.9 Å². The van der Waals surface area contributed by atoms with E-state index in [4.69, 9.17) is 10.5 Å². The highest BCUT2D eigenvalue weighted by Crippen LogP contribution is 2.19. The van der Waals surface area contributed by atoms with Crippen molar-refractivity contribution in [3.8, 4) is 5.75 Å². The number of benzene rings is 2. The molecule has 0 aliphatic carbocycles. The van der Waals surface area contributed by atoms with Crippen molar-refractivity contribution in [2.24, 2.45) is 0 Å². The highest BCUT2D eigenvalue weighted by Gasteiger charge is 2.10. The normalized spacial score (nSPS) is 9.95. The Balaban J connectivity index is 2.08. The SMILES string of the molecule is COc1ccc(N)c(C(=O)NCc2ccccc2)c1. The maximum Gasteiger partial charge on any atom is 0.253 e. The third-order valence-corrected chi connectivity index (χ3v) is 2.80. The van der Waals surface area contributed by atoms with Crippen molar-refractivity contribution in [1.29, 1.82) is 0 Å². The van der Waals surface area contributed by atoms with Gasteiger partial charge in [0, 0.05) is 12.2 Å². The molecule has 2 rings (SSSR count). The van der Waals surface area contributed by atoms with Crippen molar-refractivity contribution in [3.05, 3.63) is 59.7 Å². The van der Waals surface area contributed by atoms with E-state index in [0.717, 1.165) is 5.56 Å². The average Bonchev–Trinajstić information content (AvgIpc) is 2.46. The monoisotopic (exact) mass is 256 g/mol. The van der Waals surface area contributed by atoms with Crippen LogP contribution in [0.2, 0.25) is 0 Å². The van der Waals surface area contributed by atoms with Crippen molar-refractivity contribution >= 4 is 11.6 Å². The number of anilines is 1. The predicted octanol–water partition coefficient (Wildman–Crippen LogP) is 2.21. The molecule has 4 nitrogen and oxygen atoms in total. The van der Waals surface area contributed by atoms with E-state index in [1.807, 2.05) is 30.3 Å². The fraction of sp³-hybridized carbons (Fsp3) is 0.133. The fourth-order valence-corrected chi connectivity index (χ4v) is 1.73. The van der Waals surface area contributed by atoms with Gasteiger partial charge in [-0.1, -0.05) is 30.3 Å². The number of hydrogen-bond acceptors (Lipinski definition) is 3. The zero-order valence-corrected chi connectivity index (χ0v) is 10.7. The molecule has 2 aromatic carbocycles. The van der Waals surface area contributed by atoms with Gasteiger partial charge in [0.2, 0.25) is 0 Å². The molecule has 1 amide bonds. The predicted molar refractivity (Wildman–Crippen MR) is 75.0 cm³/mol. The number of hydrogen-bond donors (Lipinski definition) is 2. The third-order valence-electron chi connectivity index (χ3n) is 2.80. The van der Waals surface area contributed by atoms with Crippen LogP contribution in [0, 0.1) is 0 Å². The summed E-state index contributed by atoms with van der Waals surface area (Å²) >= 11 is 0. The summed E-state index contributed by atoms with van der Waals surface area (Å²) in [7, 11) is 1.55. The first-order valence-electron chi connectivity index (χ1n) is 5.96. The zero-order chi connectivity index (χ0) is 13.7. The van der Waals surface area contributed by atoms with Gasteiger partial charge < -0.3 is 15.8 Å². The lowest BCUT2D eigenvalue weighted by Crippen LogP contribution is -2.23. The number of rotatable bonds is 4. The minimum atomic E-state index is -0.208. The smallest absolute Gasteiger partial charge is 0.253 e. The van der Waals surface area contributed by atoms with Gasteiger partial charge in [0.15, 0.2) is 0 Å². The summed E-state index contributed by atoms with van der Waals surface area (Å²) < 4.78 is 5.09. The molecule has 0 atom stereocenters. The molecule has 3 N–H and O–H groups in total. The van der Waals surface area contributed by atoms with Gasteiger partial charge in [-0.25, -0.2) is 0 Å². The van der Waals surface area contributed by atoms with Crippen LogP contribution < -0.4 is 15.8 Å². The van der Waals surface area contributed by atoms with E-state index in [0.29, 0.717) is 23.5 Å². The molecular formula is C15H16N2O2. The molecule has 0 aromatic heterocycles. The summed E-state index contributed by atoms with van der Waals surface area (Å²) in [6.45, 7) is 0.469. The van der Waals surface area contributed by atoms with Gasteiger partial charge in [-0.05, 0) is 23.8 Å². The molecule has 0 aliphatic rings. The third kappa shape index (κ3) is 3.25. The highest BCUT2D eigenvalue weighted by molar-refractivity contribution is 5.99. The van der Waals surface area contributed by atoms with E-state index in [1.54, 1.807) is 25.3 Å². The Hall–Kier alpha value is -2.49. The van der Waals surface area contributed by atoms with E-state index >= 15 is 0 Å². The Bertz CT molecular complexity index is 568. The largest absolute Gasteiger partial charge is 0.497 e. The number of ether oxygens (including phenoxy) is 1. The van der Waals surface area contributed by atoms with E-state index in [9.17, 15) is 4.79 Å². The second-order valence-corrected chi connectivity index (χ2v) is 4.12. The van der Waals surface area contributed by atoms with Gasteiger partial charge in [0.1, 0.15) is 5.75 Å². The first-order chi connectivity index (χ1) is 9.20. The van der Waals surface area contributed by atoms with E-state index in [2.05, 4.69) is 5.32 Å². The Morgan fingerprint density at radius 2 is 1.95 bits per heavy atom. The number of nitrogens with two attached hydrogens (primary N) is 1. The Labute approximate surface area is 112 Å². The molecular weight excluding hydrogens is 240 g/mol. The molecule has 0 radical (unpaired) electrons. The fourth-order valence-electron chi connectivity index (χ4n) is 1.73. The molecule has 0 saturated heterocycles. The van der Waals surface area contributed by atoms with E-state index in [1.165, 1.54) is 0 Å². The van der Waals surface area contributed by atoms with Gasteiger partial charge in [-0.3, -0.25) is 4.79 Å². The van der Waals surface area contributed by atoms with Crippen LogP contribution in [0.3, 0.4) is 0 Å². The first kappa shape index (κ1) is 13.0. The zero-order valence-electron chi connectivity index (χ0n) is 10.7. The summed E-state index contributed by atoms with van der Waals surface area (Å²) in [6, 6.07) is 14.7. The van der Waals surface area contributed by atoms with Crippen LogP contribution >= 0.6 is 0 Å². The molecule has 4 heteroatoms. The van der Waals surface area contributed by atoms with Crippen molar-refractivity contribution in [1.82, 2.24) is 5.32 Å². The van der Waals surface area contributed by atoms with Crippen LogP contribution in [-0.4, -0.2) is 13.0 Å². The van der Waals surface area contributed by atoms with Crippen molar-refractivity contribution in [3.63, 3.8) is 0 Å². The number of nitrogen functional groups attached to an aromatic ring is 1. The Morgan fingerprint density at radius 1 is 1.21 bits per heavy atom. The van der Waals surface area contributed by atoms with Crippen molar-refractivity contribution in [2.75, 3.05) is 12.8 Å². The highest BCUT2D eigenvalue weighted by atomic mass is 16.5. The molecule has 0 aliphatic heterocycles. The molecule has 0 bridgehead atoms. The van der Waals surface area contributed by atoms with Crippen molar-refractivity contribution < 1.29 is 9.53 Å². The maximum absolute atomic E-state index is 12.1. The van der Waals surface area contributed by atoms with Gasteiger partial charge in [0.05, 0.1) is 12.7 Å². The van der Waals surface area contributed by atoms with Gasteiger partial charge in [0.25, 0.3) is 5.91 Å². The van der Waals surface area contributed by atoms with Gasteiger partial charge in [-0.15, -0.1) is 0 Å². The lowest BCUT2D eigenvalue weighted by atomic mass is 10.1. The van der Waals surface area contributed by atoms with Crippen LogP contribution in [0.15, 0.2) is 48.5 Å². The number of carbonyl (C=O) groups is 1. The number of methoxy groups -OCH3 is 1. The number of nitrogens with one attached hydrogen (secondary N) is 1. The second-order valence-electron chi connectivity index (χ2n) is 4.12. The quantitative estimate of drug-likeness (QED) is 0.824. The van der Waals surface area contributed by atoms with Crippen LogP contribution in [-0.2, 0) is 6.54 Å². The summed E-state index contributed by atoms with van der Waals surface area (Å²) in [4.78, 5) is 12.1. The lowest BCUT2D eigenvalue weighted by molar-refractivity contribution is 0.0951. The number of amides is 1. The van der Waals surface area contributed by atoms with Gasteiger partial charge in [-0.2, -0.15) is 0 Å². The van der Waals surface area contributed by atoms with E-state index in [-0.39, 0.29) is 5.91 Å². The maximum atomic E-state index is 12.1. The summed E-state index contributed by atoms with van der Waals surface area (Å²) in [5, 5.41) is 2.83. The Morgan fingerprint density at radius 3 is 2.63 bits per heavy atom. The standard InChI is InChI=1S/C15H16N2O2/c1-19-12-7-8-14(16)13(9-12)15(18)17-10-11-5-3-2-4-6-11/h2-9H,10,16H2,1H3,(H,17,18). The molecule has 0 saturated carbocycles. The summed E-state index contributed by atoms with van der Waals surface area (Å²) in [5.74, 6) is 0.402.